The minimum absolute atomic E-state index is 0.0245. The summed E-state index contributed by atoms with van der Waals surface area (Å²) in [6.07, 6.45) is 5.85. The van der Waals surface area contributed by atoms with Gasteiger partial charge in [0.1, 0.15) is 0 Å². The molecule has 0 amide bonds. The van der Waals surface area contributed by atoms with Crippen LogP contribution in [0.3, 0.4) is 0 Å². The van der Waals surface area contributed by atoms with Crippen LogP contribution in [-0.4, -0.2) is 20.0 Å². The molecule has 1 atom stereocenters. The molecular formula is C10H22O2. The molecule has 12 heavy (non-hydrogen) atoms. The predicted octanol–water partition coefficient (Wildman–Crippen LogP) is 2.97. The zero-order chi connectivity index (χ0) is 9.23. The average molecular weight is 174 g/mol. The van der Waals surface area contributed by atoms with E-state index in [-0.39, 0.29) is 6.29 Å². The molecule has 0 aliphatic heterocycles. The van der Waals surface area contributed by atoms with Crippen molar-refractivity contribution in [2.75, 3.05) is 13.7 Å². The highest BCUT2D eigenvalue weighted by atomic mass is 16.7. The van der Waals surface area contributed by atoms with Gasteiger partial charge in [-0.05, 0) is 19.3 Å². The van der Waals surface area contributed by atoms with Gasteiger partial charge in [-0.1, -0.05) is 26.7 Å². The molecule has 0 fully saturated rings. The summed E-state index contributed by atoms with van der Waals surface area (Å²) >= 11 is 0. The summed E-state index contributed by atoms with van der Waals surface area (Å²) in [6.45, 7) is 5.12. The highest BCUT2D eigenvalue weighted by molar-refractivity contribution is 4.45. The molecule has 2 heteroatoms. The maximum Gasteiger partial charge on any atom is 0.157 e. The largest absolute Gasteiger partial charge is 0.356 e. The maximum absolute atomic E-state index is 5.46. The van der Waals surface area contributed by atoms with Crippen LogP contribution in [0.15, 0.2) is 0 Å². The first-order valence-electron chi connectivity index (χ1n) is 4.99. The summed E-state index contributed by atoms with van der Waals surface area (Å²) in [4.78, 5) is 0. The van der Waals surface area contributed by atoms with Gasteiger partial charge in [0.2, 0.25) is 0 Å². The van der Waals surface area contributed by atoms with Crippen molar-refractivity contribution in [2.45, 2.75) is 52.2 Å². The molecule has 0 spiro atoms. The Balaban J connectivity index is 3.26. The average Bonchev–Trinajstić information content (AvgIpc) is 2.11. The van der Waals surface area contributed by atoms with E-state index >= 15 is 0 Å². The van der Waals surface area contributed by atoms with Crippen molar-refractivity contribution in [1.29, 1.82) is 0 Å². The molecule has 0 aliphatic carbocycles. The number of ether oxygens (including phenoxy) is 2. The Morgan fingerprint density at radius 1 is 1.08 bits per heavy atom. The molecule has 0 rings (SSSR count). The van der Waals surface area contributed by atoms with Gasteiger partial charge in [-0.2, -0.15) is 0 Å². The van der Waals surface area contributed by atoms with Crippen LogP contribution in [0.4, 0.5) is 0 Å². The molecule has 0 N–H and O–H groups in total. The van der Waals surface area contributed by atoms with Gasteiger partial charge in [0.15, 0.2) is 6.29 Å². The van der Waals surface area contributed by atoms with E-state index < -0.39 is 0 Å². The molecule has 0 heterocycles. The highest BCUT2D eigenvalue weighted by Gasteiger charge is 2.04. The summed E-state index contributed by atoms with van der Waals surface area (Å²) in [5.74, 6) is 0. The molecule has 0 aromatic rings. The predicted molar refractivity (Wildman–Crippen MR) is 51.2 cm³/mol. The molecule has 2 nitrogen and oxygen atoms in total. The van der Waals surface area contributed by atoms with Crippen molar-refractivity contribution >= 4 is 0 Å². The van der Waals surface area contributed by atoms with Gasteiger partial charge in [0.25, 0.3) is 0 Å². The van der Waals surface area contributed by atoms with E-state index in [1.165, 1.54) is 19.3 Å². The van der Waals surface area contributed by atoms with E-state index in [9.17, 15) is 0 Å². The molecule has 0 radical (unpaired) electrons. The topological polar surface area (TPSA) is 18.5 Å². The zero-order valence-electron chi connectivity index (χ0n) is 8.64. The first kappa shape index (κ1) is 11.9. The third kappa shape index (κ3) is 6.62. The zero-order valence-corrected chi connectivity index (χ0v) is 8.64. The summed E-state index contributed by atoms with van der Waals surface area (Å²) < 4.78 is 10.6. The minimum atomic E-state index is 0.0245. The first-order valence-corrected chi connectivity index (χ1v) is 4.99. The van der Waals surface area contributed by atoms with E-state index in [0.717, 1.165) is 19.4 Å². The summed E-state index contributed by atoms with van der Waals surface area (Å²) in [5, 5.41) is 0. The number of hydrogen-bond donors (Lipinski definition) is 0. The number of unbranched alkanes of at least 4 members (excludes halogenated alkanes) is 2. The number of hydrogen-bond acceptors (Lipinski definition) is 2. The molecule has 0 saturated heterocycles. The molecule has 0 aromatic heterocycles. The van der Waals surface area contributed by atoms with Crippen molar-refractivity contribution in [2.24, 2.45) is 0 Å². The molecular weight excluding hydrogens is 152 g/mol. The SMILES string of the molecule is CCCCCC(OC)OCCC. The van der Waals surface area contributed by atoms with Crippen molar-refractivity contribution in [3.63, 3.8) is 0 Å². The van der Waals surface area contributed by atoms with Gasteiger partial charge < -0.3 is 9.47 Å². The Morgan fingerprint density at radius 2 is 1.83 bits per heavy atom. The van der Waals surface area contributed by atoms with E-state index in [2.05, 4.69) is 13.8 Å². The number of methoxy groups -OCH3 is 1. The van der Waals surface area contributed by atoms with Crippen LogP contribution in [0.1, 0.15) is 46.0 Å². The summed E-state index contributed by atoms with van der Waals surface area (Å²) in [7, 11) is 1.71. The Kier molecular flexibility index (Phi) is 8.95. The fraction of sp³-hybridized carbons (Fsp3) is 1.00. The quantitative estimate of drug-likeness (QED) is 0.416. The lowest BCUT2D eigenvalue weighted by Gasteiger charge is -2.15. The van der Waals surface area contributed by atoms with Crippen molar-refractivity contribution < 1.29 is 9.47 Å². The summed E-state index contributed by atoms with van der Waals surface area (Å²) in [6, 6.07) is 0. The summed E-state index contributed by atoms with van der Waals surface area (Å²) in [5.41, 5.74) is 0. The maximum atomic E-state index is 5.46. The second kappa shape index (κ2) is 9.01. The van der Waals surface area contributed by atoms with Crippen LogP contribution in [0.2, 0.25) is 0 Å². The first-order chi connectivity index (χ1) is 5.85. The third-order valence-electron chi connectivity index (χ3n) is 1.81. The fourth-order valence-electron chi connectivity index (χ4n) is 1.08. The highest BCUT2D eigenvalue weighted by Crippen LogP contribution is 2.07. The van der Waals surface area contributed by atoms with Gasteiger partial charge in [-0.25, -0.2) is 0 Å². The lowest BCUT2D eigenvalue weighted by Crippen LogP contribution is -2.15. The van der Waals surface area contributed by atoms with Crippen LogP contribution in [0, 0.1) is 0 Å². The van der Waals surface area contributed by atoms with Gasteiger partial charge in [0.05, 0.1) is 0 Å². The minimum Gasteiger partial charge on any atom is -0.356 e. The van der Waals surface area contributed by atoms with Crippen LogP contribution < -0.4 is 0 Å². The van der Waals surface area contributed by atoms with Crippen LogP contribution >= 0.6 is 0 Å². The van der Waals surface area contributed by atoms with Crippen LogP contribution in [-0.2, 0) is 9.47 Å². The fourth-order valence-corrected chi connectivity index (χ4v) is 1.08. The van der Waals surface area contributed by atoms with E-state index in [1.54, 1.807) is 7.11 Å². The van der Waals surface area contributed by atoms with E-state index in [4.69, 9.17) is 9.47 Å². The van der Waals surface area contributed by atoms with E-state index in [0.29, 0.717) is 0 Å². The lowest BCUT2D eigenvalue weighted by molar-refractivity contribution is -0.128. The molecule has 0 bridgehead atoms. The van der Waals surface area contributed by atoms with Crippen molar-refractivity contribution in [3.05, 3.63) is 0 Å². The Labute approximate surface area is 76.3 Å². The standard InChI is InChI=1S/C10H22O2/c1-4-6-7-8-10(11-3)12-9-5-2/h10H,4-9H2,1-3H3. The van der Waals surface area contributed by atoms with Gasteiger partial charge >= 0.3 is 0 Å². The van der Waals surface area contributed by atoms with Crippen molar-refractivity contribution in [3.8, 4) is 0 Å². The van der Waals surface area contributed by atoms with Gasteiger partial charge in [-0.3, -0.25) is 0 Å². The monoisotopic (exact) mass is 174 g/mol. The molecule has 0 aliphatic rings. The normalized spacial score (nSPS) is 13.2. The van der Waals surface area contributed by atoms with Crippen LogP contribution in [0.25, 0.3) is 0 Å². The molecule has 0 saturated carbocycles. The molecule has 74 valence electrons. The molecule has 1 unspecified atom stereocenters. The van der Waals surface area contributed by atoms with Crippen LogP contribution in [0.5, 0.6) is 0 Å². The van der Waals surface area contributed by atoms with Gasteiger partial charge in [-0.15, -0.1) is 0 Å². The Bertz CT molecular complexity index is 83.9. The molecule has 0 aromatic carbocycles. The van der Waals surface area contributed by atoms with E-state index in [1.807, 2.05) is 0 Å². The lowest BCUT2D eigenvalue weighted by atomic mass is 10.2. The second-order valence-corrected chi connectivity index (χ2v) is 3.03. The van der Waals surface area contributed by atoms with Crippen molar-refractivity contribution in [1.82, 2.24) is 0 Å². The second-order valence-electron chi connectivity index (χ2n) is 3.03. The van der Waals surface area contributed by atoms with Gasteiger partial charge in [0, 0.05) is 13.7 Å². The Hall–Kier alpha value is -0.0800. The smallest absolute Gasteiger partial charge is 0.157 e. The Morgan fingerprint density at radius 3 is 2.33 bits per heavy atom. The number of rotatable bonds is 8. The third-order valence-corrected chi connectivity index (χ3v) is 1.81.